The number of carbonyl (C=O) groups excluding carboxylic acids is 1. The van der Waals surface area contributed by atoms with Gasteiger partial charge in [-0.2, -0.15) is 5.26 Å². The molecule has 6 heteroatoms. The van der Waals surface area contributed by atoms with Gasteiger partial charge in [-0.1, -0.05) is 71.0 Å². The number of thioether (sulfide) groups is 1. The Morgan fingerprint density at radius 3 is 2.26 bits per heavy atom. The second kappa shape index (κ2) is 8.85. The monoisotopic (exact) mass is 393 g/mol. The number of thiazole rings is 1. The third-order valence-corrected chi connectivity index (χ3v) is 5.73. The number of amides is 1. The molecule has 3 rings (SSSR count). The Labute approximate surface area is 167 Å². The SMILES string of the molecule is Cc1ccc(-c2nc(NC(=O)CSCC#N)sc2-c2ccc(C)cc2)cc1. The molecule has 0 aliphatic heterocycles. The zero-order chi connectivity index (χ0) is 19.2. The largest absolute Gasteiger partial charge is 0.301 e. The van der Waals surface area contributed by atoms with Crippen molar-refractivity contribution < 1.29 is 4.79 Å². The Hall–Kier alpha value is -2.62. The second-order valence-corrected chi connectivity index (χ2v) is 8.11. The van der Waals surface area contributed by atoms with Gasteiger partial charge in [0, 0.05) is 5.56 Å². The van der Waals surface area contributed by atoms with E-state index in [0.717, 1.165) is 21.7 Å². The van der Waals surface area contributed by atoms with E-state index in [-0.39, 0.29) is 11.7 Å². The van der Waals surface area contributed by atoms with Crippen LogP contribution in [0, 0.1) is 25.2 Å². The summed E-state index contributed by atoms with van der Waals surface area (Å²) < 4.78 is 0. The van der Waals surface area contributed by atoms with E-state index in [2.05, 4.69) is 72.7 Å². The standard InChI is InChI=1S/C21H19N3OS2/c1-14-3-7-16(8-4-14)19-20(17-9-5-15(2)6-10-17)27-21(24-19)23-18(25)13-26-12-11-22/h3-10H,12-13H2,1-2H3,(H,23,24,25). The van der Waals surface area contributed by atoms with Crippen LogP contribution in [0.25, 0.3) is 21.7 Å². The van der Waals surface area contributed by atoms with Crippen molar-refractivity contribution in [2.75, 3.05) is 16.8 Å². The van der Waals surface area contributed by atoms with Crippen molar-refractivity contribution in [3.8, 4) is 27.8 Å². The van der Waals surface area contributed by atoms with Crippen LogP contribution in [0.4, 0.5) is 5.13 Å². The molecule has 1 heterocycles. The van der Waals surface area contributed by atoms with E-state index in [9.17, 15) is 4.79 Å². The summed E-state index contributed by atoms with van der Waals surface area (Å²) in [5.74, 6) is 0.399. The van der Waals surface area contributed by atoms with Crippen molar-refractivity contribution in [3.63, 3.8) is 0 Å². The van der Waals surface area contributed by atoms with Crippen LogP contribution < -0.4 is 5.32 Å². The Balaban J connectivity index is 1.93. The predicted molar refractivity (Wildman–Crippen MR) is 114 cm³/mol. The molecule has 0 atom stereocenters. The summed E-state index contributed by atoms with van der Waals surface area (Å²) >= 11 is 2.76. The zero-order valence-electron chi connectivity index (χ0n) is 15.2. The van der Waals surface area contributed by atoms with Crippen molar-refractivity contribution in [2.45, 2.75) is 13.8 Å². The highest BCUT2D eigenvalue weighted by molar-refractivity contribution is 8.00. The van der Waals surface area contributed by atoms with Crippen LogP contribution in [-0.2, 0) is 4.79 Å². The van der Waals surface area contributed by atoms with Crippen LogP contribution in [0.5, 0.6) is 0 Å². The minimum Gasteiger partial charge on any atom is -0.301 e. The molecule has 0 aliphatic rings. The normalized spacial score (nSPS) is 10.4. The molecule has 2 aromatic carbocycles. The summed E-state index contributed by atoms with van der Waals surface area (Å²) in [5, 5.41) is 12.0. The maximum atomic E-state index is 12.1. The van der Waals surface area contributed by atoms with Crippen molar-refractivity contribution in [2.24, 2.45) is 0 Å². The van der Waals surface area contributed by atoms with Gasteiger partial charge in [-0.3, -0.25) is 4.79 Å². The number of aryl methyl sites for hydroxylation is 2. The predicted octanol–water partition coefficient (Wildman–Crippen LogP) is 5.29. The number of nitrogens with zero attached hydrogens (tertiary/aromatic N) is 2. The van der Waals surface area contributed by atoms with Gasteiger partial charge in [-0.05, 0) is 19.4 Å². The van der Waals surface area contributed by atoms with Crippen LogP contribution in [0.1, 0.15) is 11.1 Å². The summed E-state index contributed by atoms with van der Waals surface area (Å²) in [5.41, 5.74) is 5.35. The van der Waals surface area contributed by atoms with Gasteiger partial charge in [0.25, 0.3) is 0 Å². The van der Waals surface area contributed by atoms with Crippen LogP contribution in [0.3, 0.4) is 0 Å². The Morgan fingerprint density at radius 1 is 1.07 bits per heavy atom. The van der Waals surface area contributed by atoms with Gasteiger partial charge in [0.1, 0.15) is 0 Å². The van der Waals surface area contributed by atoms with Gasteiger partial charge in [-0.15, -0.1) is 11.8 Å². The van der Waals surface area contributed by atoms with E-state index >= 15 is 0 Å². The van der Waals surface area contributed by atoms with E-state index in [1.54, 1.807) is 0 Å². The minimum atomic E-state index is -0.144. The van der Waals surface area contributed by atoms with E-state index in [0.29, 0.717) is 10.9 Å². The number of nitriles is 1. The molecule has 3 aromatic rings. The lowest BCUT2D eigenvalue weighted by atomic mass is 10.0. The molecule has 0 bridgehead atoms. The van der Waals surface area contributed by atoms with Gasteiger partial charge >= 0.3 is 0 Å². The molecule has 1 N–H and O–H groups in total. The summed E-state index contributed by atoms with van der Waals surface area (Å²) in [6.45, 7) is 4.11. The first-order valence-electron chi connectivity index (χ1n) is 8.46. The first-order valence-corrected chi connectivity index (χ1v) is 10.4. The number of carbonyl (C=O) groups is 1. The summed E-state index contributed by atoms with van der Waals surface area (Å²) in [4.78, 5) is 17.8. The Bertz CT molecular complexity index is 907. The third kappa shape index (κ3) is 4.97. The molecule has 0 saturated heterocycles. The number of hydrogen-bond donors (Lipinski definition) is 1. The fourth-order valence-electron chi connectivity index (χ4n) is 2.53. The summed E-state index contributed by atoms with van der Waals surface area (Å²) in [6, 6.07) is 18.6. The first kappa shape index (κ1) is 19.2. The molecule has 27 heavy (non-hydrogen) atoms. The van der Waals surface area contributed by atoms with Crippen molar-refractivity contribution in [1.82, 2.24) is 4.98 Å². The second-order valence-electron chi connectivity index (χ2n) is 6.13. The molecular weight excluding hydrogens is 374 g/mol. The molecule has 1 amide bonds. The molecule has 0 fully saturated rings. The molecule has 136 valence electrons. The lowest BCUT2D eigenvalue weighted by Crippen LogP contribution is -2.14. The Morgan fingerprint density at radius 2 is 1.67 bits per heavy atom. The quantitative estimate of drug-likeness (QED) is 0.578. The number of hydrogen-bond acceptors (Lipinski definition) is 5. The highest BCUT2D eigenvalue weighted by Gasteiger charge is 2.16. The fourth-order valence-corrected chi connectivity index (χ4v) is 3.99. The highest BCUT2D eigenvalue weighted by atomic mass is 32.2. The number of benzene rings is 2. The van der Waals surface area contributed by atoms with E-state index < -0.39 is 0 Å². The van der Waals surface area contributed by atoms with E-state index in [1.165, 1.54) is 34.2 Å². The smallest absolute Gasteiger partial charge is 0.236 e. The number of anilines is 1. The van der Waals surface area contributed by atoms with Gasteiger partial charge in [-0.25, -0.2) is 4.98 Å². The maximum absolute atomic E-state index is 12.1. The number of aromatic nitrogens is 1. The maximum Gasteiger partial charge on any atom is 0.236 e. The summed E-state index contributed by atoms with van der Waals surface area (Å²) in [7, 11) is 0. The van der Waals surface area contributed by atoms with Crippen molar-refractivity contribution >= 4 is 34.1 Å². The van der Waals surface area contributed by atoms with E-state index in [1.807, 2.05) is 6.07 Å². The molecule has 0 aliphatic carbocycles. The van der Waals surface area contributed by atoms with Crippen LogP contribution in [0.15, 0.2) is 48.5 Å². The molecule has 0 spiro atoms. The minimum absolute atomic E-state index is 0.144. The average Bonchev–Trinajstić information content (AvgIpc) is 3.07. The molecular formula is C21H19N3OS2. The van der Waals surface area contributed by atoms with Crippen LogP contribution in [-0.4, -0.2) is 22.4 Å². The fraction of sp³-hybridized carbons (Fsp3) is 0.190. The lowest BCUT2D eigenvalue weighted by Gasteiger charge is -2.04. The molecule has 4 nitrogen and oxygen atoms in total. The topological polar surface area (TPSA) is 65.8 Å². The van der Waals surface area contributed by atoms with Gasteiger partial charge in [0.05, 0.1) is 28.1 Å². The van der Waals surface area contributed by atoms with Crippen molar-refractivity contribution in [3.05, 3.63) is 59.7 Å². The molecule has 0 radical (unpaired) electrons. The third-order valence-electron chi connectivity index (χ3n) is 3.91. The molecule has 0 unspecified atom stereocenters. The number of rotatable bonds is 6. The van der Waals surface area contributed by atoms with Gasteiger partial charge in [0.15, 0.2) is 5.13 Å². The lowest BCUT2D eigenvalue weighted by molar-refractivity contribution is -0.113. The summed E-state index contributed by atoms with van der Waals surface area (Å²) in [6.07, 6.45) is 0. The van der Waals surface area contributed by atoms with Crippen LogP contribution in [0.2, 0.25) is 0 Å². The first-order chi connectivity index (χ1) is 13.1. The highest BCUT2D eigenvalue weighted by Crippen LogP contribution is 2.39. The molecule has 1 aromatic heterocycles. The van der Waals surface area contributed by atoms with Crippen molar-refractivity contribution in [1.29, 1.82) is 5.26 Å². The van der Waals surface area contributed by atoms with Crippen LogP contribution >= 0.6 is 23.1 Å². The van der Waals surface area contributed by atoms with E-state index in [4.69, 9.17) is 5.26 Å². The number of nitrogens with one attached hydrogen (secondary N) is 1. The Kier molecular flexibility index (Phi) is 6.28. The zero-order valence-corrected chi connectivity index (χ0v) is 16.8. The molecule has 0 saturated carbocycles. The van der Waals surface area contributed by atoms with Gasteiger partial charge in [0.2, 0.25) is 5.91 Å². The average molecular weight is 394 g/mol. The van der Waals surface area contributed by atoms with Gasteiger partial charge < -0.3 is 5.32 Å².